The third-order valence-corrected chi connectivity index (χ3v) is 3.79. The molecule has 0 fully saturated rings. The van der Waals surface area contributed by atoms with Crippen molar-refractivity contribution in [1.29, 1.82) is 0 Å². The van der Waals surface area contributed by atoms with Crippen LogP contribution >= 0.6 is 0 Å². The molecule has 0 saturated carbocycles. The van der Waals surface area contributed by atoms with E-state index < -0.39 is 0 Å². The summed E-state index contributed by atoms with van der Waals surface area (Å²) in [6, 6.07) is 12.6. The Kier molecular flexibility index (Phi) is 4.43. The van der Waals surface area contributed by atoms with Crippen LogP contribution in [-0.4, -0.2) is 18.8 Å². The number of rotatable bonds is 5. The molecule has 0 spiro atoms. The fourth-order valence-corrected chi connectivity index (χ4v) is 2.34. The summed E-state index contributed by atoms with van der Waals surface area (Å²) < 4.78 is 5.23. The van der Waals surface area contributed by atoms with Crippen molar-refractivity contribution in [2.45, 2.75) is 20.3 Å². The lowest BCUT2D eigenvalue weighted by Crippen LogP contribution is -2.16. The van der Waals surface area contributed by atoms with Crippen molar-refractivity contribution >= 4 is 10.8 Å². The van der Waals surface area contributed by atoms with Gasteiger partial charge in [-0.3, -0.25) is 0 Å². The molecule has 0 amide bonds. The molecule has 102 valence electrons. The number of aliphatic hydroxyl groups is 1. The molecule has 2 heteroatoms. The highest BCUT2D eigenvalue weighted by molar-refractivity contribution is 5.84. The van der Waals surface area contributed by atoms with Crippen LogP contribution in [0.1, 0.15) is 19.4 Å². The Labute approximate surface area is 115 Å². The predicted octanol–water partition coefficient (Wildman–Crippen LogP) is 3.66. The first-order valence-electron chi connectivity index (χ1n) is 6.81. The molecule has 0 radical (unpaired) electrons. The van der Waals surface area contributed by atoms with Gasteiger partial charge in [0.25, 0.3) is 0 Å². The molecule has 2 rings (SSSR count). The highest BCUT2D eigenvalue weighted by Gasteiger charge is 2.13. The molecule has 2 aromatic carbocycles. The van der Waals surface area contributed by atoms with E-state index in [1.807, 2.05) is 12.1 Å². The molecule has 0 bridgehead atoms. The largest absolute Gasteiger partial charge is 0.497 e. The molecule has 2 aromatic rings. The van der Waals surface area contributed by atoms with Gasteiger partial charge in [0.05, 0.1) is 7.11 Å². The number of hydrogen-bond donors (Lipinski definition) is 1. The SMILES string of the molecule is COc1ccc2cc(CC(CO)C(C)C)ccc2c1. The predicted molar refractivity (Wildman–Crippen MR) is 79.6 cm³/mol. The molecule has 0 aliphatic carbocycles. The summed E-state index contributed by atoms with van der Waals surface area (Å²) in [6.07, 6.45) is 0.927. The van der Waals surface area contributed by atoms with Gasteiger partial charge < -0.3 is 9.84 Å². The van der Waals surface area contributed by atoms with Gasteiger partial charge in [-0.2, -0.15) is 0 Å². The van der Waals surface area contributed by atoms with E-state index in [1.54, 1.807) is 7.11 Å². The first-order valence-corrected chi connectivity index (χ1v) is 6.81. The first-order chi connectivity index (χ1) is 9.13. The van der Waals surface area contributed by atoms with Crippen molar-refractivity contribution in [2.75, 3.05) is 13.7 Å². The van der Waals surface area contributed by atoms with E-state index in [4.69, 9.17) is 4.74 Å². The average Bonchev–Trinajstić information content (AvgIpc) is 2.43. The summed E-state index contributed by atoms with van der Waals surface area (Å²) in [7, 11) is 1.68. The maximum Gasteiger partial charge on any atom is 0.119 e. The standard InChI is InChI=1S/C17H22O2/c1-12(2)16(11-18)9-13-4-5-15-10-17(19-3)7-6-14(15)8-13/h4-8,10,12,16,18H,9,11H2,1-3H3. The minimum absolute atomic E-state index is 0.248. The fraction of sp³-hybridized carbons (Fsp3) is 0.412. The first kappa shape index (κ1) is 13.9. The molecular formula is C17H22O2. The van der Waals surface area contributed by atoms with Crippen molar-refractivity contribution in [1.82, 2.24) is 0 Å². The zero-order valence-electron chi connectivity index (χ0n) is 11.9. The van der Waals surface area contributed by atoms with Gasteiger partial charge in [0.1, 0.15) is 5.75 Å². The molecule has 0 aromatic heterocycles. The van der Waals surface area contributed by atoms with Gasteiger partial charge in [0.15, 0.2) is 0 Å². The summed E-state index contributed by atoms with van der Waals surface area (Å²) >= 11 is 0. The van der Waals surface area contributed by atoms with Crippen LogP contribution in [0.3, 0.4) is 0 Å². The van der Waals surface area contributed by atoms with Crippen molar-refractivity contribution in [3.8, 4) is 5.75 Å². The van der Waals surface area contributed by atoms with E-state index in [1.165, 1.54) is 16.3 Å². The lowest BCUT2D eigenvalue weighted by atomic mass is 9.89. The molecule has 1 N–H and O–H groups in total. The molecule has 2 nitrogen and oxygen atoms in total. The van der Waals surface area contributed by atoms with Crippen LogP contribution in [0.2, 0.25) is 0 Å². The van der Waals surface area contributed by atoms with E-state index >= 15 is 0 Å². The van der Waals surface area contributed by atoms with E-state index in [-0.39, 0.29) is 6.61 Å². The van der Waals surface area contributed by atoms with Crippen LogP contribution in [-0.2, 0) is 6.42 Å². The summed E-state index contributed by atoms with van der Waals surface area (Å²) in [4.78, 5) is 0. The summed E-state index contributed by atoms with van der Waals surface area (Å²) in [5.74, 6) is 1.71. The van der Waals surface area contributed by atoms with Gasteiger partial charge in [-0.1, -0.05) is 38.1 Å². The molecule has 1 atom stereocenters. The summed E-state index contributed by atoms with van der Waals surface area (Å²) in [6.45, 7) is 4.57. The van der Waals surface area contributed by atoms with E-state index in [0.717, 1.165) is 12.2 Å². The Balaban J connectivity index is 2.26. The lowest BCUT2D eigenvalue weighted by Gasteiger charge is -2.18. The topological polar surface area (TPSA) is 29.5 Å². The second kappa shape index (κ2) is 6.07. The number of methoxy groups -OCH3 is 1. The molecular weight excluding hydrogens is 236 g/mol. The van der Waals surface area contributed by atoms with Gasteiger partial charge in [0, 0.05) is 6.61 Å². The van der Waals surface area contributed by atoms with Crippen molar-refractivity contribution in [2.24, 2.45) is 11.8 Å². The third-order valence-electron chi connectivity index (χ3n) is 3.79. The highest BCUT2D eigenvalue weighted by atomic mass is 16.5. The maximum absolute atomic E-state index is 9.42. The van der Waals surface area contributed by atoms with Gasteiger partial charge >= 0.3 is 0 Å². The number of aliphatic hydroxyl groups excluding tert-OH is 1. The Morgan fingerprint density at radius 2 is 1.74 bits per heavy atom. The zero-order valence-corrected chi connectivity index (χ0v) is 11.9. The third kappa shape index (κ3) is 3.27. The second-order valence-corrected chi connectivity index (χ2v) is 5.44. The second-order valence-electron chi connectivity index (χ2n) is 5.44. The van der Waals surface area contributed by atoms with Crippen LogP contribution < -0.4 is 4.74 Å². The van der Waals surface area contributed by atoms with Crippen molar-refractivity contribution in [3.05, 3.63) is 42.0 Å². The Bertz CT molecular complexity index is 546. The highest BCUT2D eigenvalue weighted by Crippen LogP contribution is 2.24. The average molecular weight is 258 g/mol. The number of hydrogen-bond acceptors (Lipinski definition) is 2. The minimum atomic E-state index is 0.248. The zero-order chi connectivity index (χ0) is 13.8. The molecule has 0 aliphatic heterocycles. The molecule has 0 aliphatic rings. The van der Waals surface area contributed by atoms with Crippen LogP contribution in [0.4, 0.5) is 0 Å². The van der Waals surface area contributed by atoms with Crippen molar-refractivity contribution in [3.63, 3.8) is 0 Å². The molecule has 0 heterocycles. The van der Waals surface area contributed by atoms with Gasteiger partial charge in [0.2, 0.25) is 0 Å². The minimum Gasteiger partial charge on any atom is -0.497 e. The van der Waals surface area contributed by atoms with Crippen LogP contribution in [0.15, 0.2) is 36.4 Å². The smallest absolute Gasteiger partial charge is 0.119 e. The number of ether oxygens (including phenoxy) is 1. The van der Waals surface area contributed by atoms with Gasteiger partial charge in [-0.15, -0.1) is 0 Å². The Morgan fingerprint density at radius 1 is 1.05 bits per heavy atom. The molecule has 0 saturated heterocycles. The van der Waals surface area contributed by atoms with Crippen LogP contribution in [0.25, 0.3) is 10.8 Å². The van der Waals surface area contributed by atoms with Gasteiger partial charge in [-0.25, -0.2) is 0 Å². The monoisotopic (exact) mass is 258 g/mol. The van der Waals surface area contributed by atoms with Crippen molar-refractivity contribution < 1.29 is 9.84 Å². The molecule has 19 heavy (non-hydrogen) atoms. The number of fused-ring (bicyclic) bond motifs is 1. The van der Waals surface area contributed by atoms with E-state index in [9.17, 15) is 5.11 Å². The maximum atomic E-state index is 9.42. The van der Waals surface area contributed by atoms with E-state index in [0.29, 0.717) is 11.8 Å². The van der Waals surface area contributed by atoms with Crippen LogP contribution in [0, 0.1) is 11.8 Å². The summed E-state index contributed by atoms with van der Waals surface area (Å²) in [5, 5.41) is 11.8. The lowest BCUT2D eigenvalue weighted by molar-refractivity contribution is 0.189. The van der Waals surface area contributed by atoms with Gasteiger partial charge in [-0.05, 0) is 46.7 Å². The van der Waals surface area contributed by atoms with Crippen LogP contribution in [0.5, 0.6) is 5.75 Å². The van der Waals surface area contributed by atoms with E-state index in [2.05, 4.69) is 38.1 Å². The Morgan fingerprint density at radius 3 is 2.37 bits per heavy atom. The summed E-state index contributed by atoms with van der Waals surface area (Å²) in [5.41, 5.74) is 1.28. The fourth-order valence-electron chi connectivity index (χ4n) is 2.34. The quantitative estimate of drug-likeness (QED) is 0.887. The normalized spacial score (nSPS) is 12.9. The molecule has 1 unspecified atom stereocenters. The Hall–Kier alpha value is -1.54. The number of benzene rings is 2.